The molecule has 0 aliphatic carbocycles. The smallest absolute Gasteiger partial charge is 0.129 e. The first-order valence-electron chi connectivity index (χ1n) is 4.98. The SMILES string of the molecule is COCCNCC(O)c1cc(F)ccc1F. The fourth-order valence-corrected chi connectivity index (χ4v) is 1.29. The van der Waals surface area contributed by atoms with Crippen molar-refractivity contribution in [2.24, 2.45) is 0 Å². The first kappa shape index (κ1) is 13.0. The molecule has 2 N–H and O–H groups in total. The van der Waals surface area contributed by atoms with Gasteiger partial charge in [-0.15, -0.1) is 0 Å². The molecule has 0 saturated carbocycles. The number of halogens is 2. The van der Waals surface area contributed by atoms with Gasteiger partial charge < -0.3 is 15.2 Å². The van der Waals surface area contributed by atoms with E-state index in [0.29, 0.717) is 13.2 Å². The van der Waals surface area contributed by atoms with Gasteiger partial charge in [0, 0.05) is 25.8 Å². The van der Waals surface area contributed by atoms with E-state index in [2.05, 4.69) is 5.32 Å². The average Bonchev–Trinajstić information content (AvgIpc) is 2.27. The van der Waals surface area contributed by atoms with E-state index in [-0.39, 0.29) is 12.1 Å². The lowest BCUT2D eigenvalue weighted by atomic mass is 10.1. The van der Waals surface area contributed by atoms with Crippen molar-refractivity contribution in [1.29, 1.82) is 0 Å². The molecule has 16 heavy (non-hydrogen) atoms. The molecule has 0 aromatic heterocycles. The average molecular weight is 231 g/mol. The summed E-state index contributed by atoms with van der Waals surface area (Å²) in [7, 11) is 1.56. The van der Waals surface area contributed by atoms with Crippen LogP contribution in [0.15, 0.2) is 18.2 Å². The number of hydrogen-bond acceptors (Lipinski definition) is 3. The van der Waals surface area contributed by atoms with Gasteiger partial charge in [-0.1, -0.05) is 0 Å². The van der Waals surface area contributed by atoms with Crippen LogP contribution in [0.3, 0.4) is 0 Å². The van der Waals surface area contributed by atoms with E-state index in [1.807, 2.05) is 0 Å². The number of nitrogens with one attached hydrogen (secondary N) is 1. The third-order valence-electron chi connectivity index (χ3n) is 2.14. The number of ether oxygens (including phenoxy) is 1. The molecule has 5 heteroatoms. The predicted octanol–water partition coefficient (Wildman–Crippen LogP) is 1.23. The monoisotopic (exact) mass is 231 g/mol. The van der Waals surface area contributed by atoms with Gasteiger partial charge >= 0.3 is 0 Å². The van der Waals surface area contributed by atoms with Gasteiger partial charge in [-0.2, -0.15) is 0 Å². The minimum atomic E-state index is -1.06. The summed E-state index contributed by atoms with van der Waals surface area (Å²) in [5, 5.41) is 12.5. The topological polar surface area (TPSA) is 41.5 Å². The van der Waals surface area contributed by atoms with Crippen LogP contribution in [0.5, 0.6) is 0 Å². The van der Waals surface area contributed by atoms with E-state index in [4.69, 9.17) is 4.74 Å². The van der Waals surface area contributed by atoms with Crippen molar-refractivity contribution in [3.05, 3.63) is 35.4 Å². The second-order valence-corrected chi connectivity index (χ2v) is 3.38. The molecule has 1 unspecified atom stereocenters. The van der Waals surface area contributed by atoms with Crippen molar-refractivity contribution in [1.82, 2.24) is 5.32 Å². The zero-order chi connectivity index (χ0) is 12.0. The van der Waals surface area contributed by atoms with Crippen molar-refractivity contribution in [3.8, 4) is 0 Å². The van der Waals surface area contributed by atoms with E-state index in [9.17, 15) is 13.9 Å². The molecule has 3 nitrogen and oxygen atoms in total. The Labute approximate surface area is 93.0 Å². The lowest BCUT2D eigenvalue weighted by molar-refractivity contribution is 0.158. The molecule has 1 rings (SSSR count). The number of aliphatic hydroxyl groups is 1. The quantitative estimate of drug-likeness (QED) is 0.724. The van der Waals surface area contributed by atoms with Gasteiger partial charge in [0.25, 0.3) is 0 Å². The van der Waals surface area contributed by atoms with Crippen molar-refractivity contribution < 1.29 is 18.6 Å². The van der Waals surface area contributed by atoms with E-state index >= 15 is 0 Å². The van der Waals surface area contributed by atoms with Crippen LogP contribution in [0.25, 0.3) is 0 Å². The van der Waals surface area contributed by atoms with E-state index in [0.717, 1.165) is 18.2 Å². The van der Waals surface area contributed by atoms with Gasteiger partial charge in [0.15, 0.2) is 0 Å². The number of benzene rings is 1. The van der Waals surface area contributed by atoms with Crippen LogP contribution in [-0.4, -0.2) is 31.9 Å². The Morgan fingerprint density at radius 3 is 2.88 bits per heavy atom. The summed E-state index contributed by atoms with van der Waals surface area (Å²) in [4.78, 5) is 0. The predicted molar refractivity (Wildman–Crippen MR) is 56.1 cm³/mol. The standard InChI is InChI=1S/C11H15F2NO2/c1-16-5-4-14-7-11(15)9-6-8(12)2-3-10(9)13/h2-3,6,11,14-15H,4-5,7H2,1H3. The maximum atomic E-state index is 13.2. The van der Waals surface area contributed by atoms with Gasteiger partial charge in [-0.05, 0) is 18.2 Å². The summed E-state index contributed by atoms with van der Waals surface area (Å²) in [5.74, 6) is -1.17. The first-order chi connectivity index (χ1) is 7.65. The number of aliphatic hydroxyl groups excluding tert-OH is 1. The second kappa shape index (κ2) is 6.52. The van der Waals surface area contributed by atoms with Crippen LogP contribution >= 0.6 is 0 Å². The summed E-state index contributed by atoms with van der Waals surface area (Å²) in [6, 6.07) is 3.02. The van der Waals surface area contributed by atoms with Crippen LogP contribution in [0.2, 0.25) is 0 Å². The number of methoxy groups -OCH3 is 1. The van der Waals surface area contributed by atoms with Gasteiger partial charge in [0.05, 0.1) is 12.7 Å². The van der Waals surface area contributed by atoms with Crippen molar-refractivity contribution in [2.75, 3.05) is 26.8 Å². The maximum Gasteiger partial charge on any atom is 0.129 e. The zero-order valence-corrected chi connectivity index (χ0v) is 9.04. The van der Waals surface area contributed by atoms with Crippen molar-refractivity contribution in [2.45, 2.75) is 6.10 Å². The molecule has 1 atom stereocenters. The number of rotatable bonds is 6. The number of hydrogen-bond donors (Lipinski definition) is 2. The molecule has 1 aromatic rings. The minimum Gasteiger partial charge on any atom is -0.387 e. The third-order valence-corrected chi connectivity index (χ3v) is 2.14. The van der Waals surface area contributed by atoms with Crippen molar-refractivity contribution >= 4 is 0 Å². The van der Waals surface area contributed by atoms with E-state index < -0.39 is 17.7 Å². The van der Waals surface area contributed by atoms with E-state index in [1.165, 1.54) is 0 Å². The van der Waals surface area contributed by atoms with Gasteiger partial charge in [-0.3, -0.25) is 0 Å². The van der Waals surface area contributed by atoms with Crippen LogP contribution in [0, 0.1) is 11.6 Å². The Bertz CT molecular complexity index is 334. The fraction of sp³-hybridized carbons (Fsp3) is 0.455. The van der Waals surface area contributed by atoms with Gasteiger partial charge in [0.2, 0.25) is 0 Å². The molecule has 0 saturated heterocycles. The first-order valence-corrected chi connectivity index (χ1v) is 4.98. The molecular weight excluding hydrogens is 216 g/mol. The molecule has 0 heterocycles. The zero-order valence-electron chi connectivity index (χ0n) is 9.04. The Hall–Kier alpha value is -1.04. The minimum absolute atomic E-state index is 0.0371. The lowest BCUT2D eigenvalue weighted by Crippen LogP contribution is -2.25. The maximum absolute atomic E-state index is 13.2. The highest BCUT2D eigenvalue weighted by atomic mass is 19.1. The van der Waals surface area contributed by atoms with Crippen LogP contribution in [-0.2, 0) is 4.74 Å². The third kappa shape index (κ3) is 3.84. The summed E-state index contributed by atoms with van der Waals surface area (Å²) >= 11 is 0. The molecule has 0 aliphatic rings. The molecule has 0 radical (unpaired) electrons. The Morgan fingerprint density at radius 1 is 1.44 bits per heavy atom. The summed E-state index contributed by atoms with van der Waals surface area (Å²) < 4.78 is 30.8. The Kier molecular flexibility index (Phi) is 5.31. The summed E-state index contributed by atoms with van der Waals surface area (Å²) in [5.41, 5.74) is -0.0371. The van der Waals surface area contributed by atoms with Gasteiger partial charge in [0.1, 0.15) is 11.6 Å². The molecule has 0 amide bonds. The molecule has 90 valence electrons. The molecule has 0 fully saturated rings. The molecule has 1 aromatic carbocycles. The van der Waals surface area contributed by atoms with E-state index in [1.54, 1.807) is 7.11 Å². The van der Waals surface area contributed by atoms with Crippen molar-refractivity contribution in [3.63, 3.8) is 0 Å². The van der Waals surface area contributed by atoms with Gasteiger partial charge in [-0.25, -0.2) is 8.78 Å². The summed E-state index contributed by atoms with van der Waals surface area (Å²) in [6.07, 6.45) is -1.06. The molecule has 0 aliphatic heterocycles. The highest BCUT2D eigenvalue weighted by Crippen LogP contribution is 2.17. The lowest BCUT2D eigenvalue weighted by Gasteiger charge is -2.12. The normalized spacial score (nSPS) is 12.8. The van der Waals surface area contributed by atoms with Crippen LogP contribution in [0.4, 0.5) is 8.78 Å². The fourth-order valence-electron chi connectivity index (χ4n) is 1.29. The largest absolute Gasteiger partial charge is 0.387 e. The Morgan fingerprint density at radius 2 is 2.19 bits per heavy atom. The highest BCUT2D eigenvalue weighted by Gasteiger charge is 2.13. The molecule has 0 spiro atoms. The Balaban J connectivity index is 2.51. The summed E-state index contributed by atoms with van der Waals surface area (Å²) in [6.45, 7) is 1.20. The highest BCUT2D eigenvalue weighted by molar-refractivity contribution is 5.21. The van der Waals surface area contributed by atoms with Crippen LogP contribution < -0.4 is 5.32 Å². The van der Waals surface area contributed by atoms with Crippen LogP contribution in [0.1, 0.15) is 11.7 Å². The molecular formula is C11H15F2NO2. The second-order valence-electron chi connectivity index (χ2n) is 3.38. The molecule has 0 bridgehead atoms.